The van der Waals surface area contributed by atoms with Crippen LogP contribution in [0, 0.1) is 18.8 Å². The van der Waals surface area contributed by atoms with E-state index in [2.05, 4.69) is 80.3 Å². The Morgan fingerprint density at radius 2 is 1.88 bits per heavy atom. The van der Waals surface area contributed by atoms with Crippen LogP contribution in [-0.4, -0.2) is 65.1 Å². The van der Waals surface area contributed by atoms with Gasteiger partial charge in [0.25, 0.3) is 0 Å². The van der Waals surface area contributed by atoms with Gasteiger partial charge in [-0.25, -0.2) is 10.2 Å². The molecule has 5 atom stereocenters. The van der Waals surface area contributed by atoms with Gasteiger partial charge >= 0.3 is 6.03 Å². The number of aromatic nitrogens is 1. The molecule has 7 heteroatoms. The predicted octanol–water partition coefficient (Wildman–Crippen LogP) is 2.25. The molecule has 4 fully saturated rings. The van der Waals surface area contributed by atoms with Crippen molar-refractivity contribution in [2.45, 2.75) is 50.4 Å². The fourth-order valence-corrected chi connectivity index (χ4v) is 6.37. The third-order valence-electron chi connectivity index (χ3n) is 8.24. The Hall–Kier alpha value is -2.48. The molecule has 6 rings (SSSR count). The SMILES string of the molecule is Cc1cc(C2NNC3CC4NC(=O)N(C5CN(CCc6ccccc6)C5)CC4CC32)ccn1. The number of pyridine rings is 1. The zero-order valence-electron chi connectivity index (χ0n) is 19.3. The Balaban J connectivity index is 1.06. The monoisotopic (exact) mass is 446 g/mol. The highest BCUT2D eigenvalue weighted by Gasteiger charge is 2.49. The standard InChI is InChI=1S/C26H34N6O/c1-17-11-19(7-9-27-17)25-22-12-20-14-32(26(33)28-23(20)13-24(22)29-30-25)21-15-31(16-21)10-8-18-5-3-2-4-6-18/h2-7,9,11,20-25,29-30H,8,10,12-16H2,1H3,(H,28,33). The number of amides is 2. The normalized spacial score (nSPS) is 32.1. The Bertz CT molecular complexity index is 993. The summed E-state index contributed by atoms with van der Waals surface area (Å²) in [5.41, 5.74) is 10.8. The number of carbonyl (C=O) groups is 1. The predicted molar refractivity (Wildman–Crippen MR) is 127 cm³/mol. The first-order valence-electron chi connectivity index (χ1n) is 12.4. The molecule has 4 aliphatic rings. The minimum Gasteiger partial charge on any atom is -0.335 e. The van der Waals surface area contributed by atoms with Crippen LogP contribution in [-0.2, 0) is 6.42 Å². The van der Waals surface area contributed by atoms with Crippen molar-refractivity contribution in [3.05, 3.63) is 65.5 Å². The van der Waals surface area contributed by atoms with Crippen LogP contribution in [0.15, 0.2) is 48.7 Å². The van der Waals surface area contributed by atoms with Gasteiger partial charge in [-0.1, -0.05) is 30.3 Å². The van der Waals surface area contributed by atoms with Crippen LogP contribution in [0.5, 0.6) is 0 Å². The van der Waals surface area contributed by atoms with Crippen LogP contribution < -0.4 is 16.2 Å². The van der Waals surface area contributed by atoms with E-state index >= 15 is 0 Å². The summed E-state index contributed by atoms with van der Waals surface area (Å²) in [5.74, 6) is 1.04. The number of hydrogen-bond acceptors (Lipinski definition) is 5. The van der Waals surface area contributed by atoms with Gasteiger partial charge in [-0.3, -0.25) is 15.3 Å². The van der Waals surface area contributed by atoms with Gasteiger partial charge in [0.15, 0.2) is 0 Å². The van der Waals surface area contributed by atoms with E-state index in [4.69, 9.17) is 0 Å². The number of nitrogens with zero attached hydrogens (tertiary/aromatic N) is 3. The molecule has 3 aliphatic heterocycles. The van der Waals surface area contributed by atoms with Crippen molar-refractivity contribution in [3.8, 4) is 0 Å². The molecule has 0 radical (unpaired) electrons. The molecule has 1 aromatic carbocycles. The molecule has 2 amide bonds. The summed E-state index contributed by atoms with van der Waals surface area (Å²) in [6.45, 7) is 5.99. The number of hydrogen-bond donors (Lipinski definition) is 3. The van der Waals surface area contributed by atoms with Gasteiger partial charge in [-0.2, -0.15) is 0 Å². The number of benzene rings is 1. The Kier molecular flexibility index (Phi) is 5.56. The molecule has 7 nitrogen and oxygen atoms in total. The minimum absolute atomic E-state index is 0.134. The van der Waals surface area contributed by atoms with Gasteiger partial charge in [-0.05, 0) is 61.3 Å². The number of fused-ring (bicyclic) bond motifs is 2. The number of nitrogens with one attached hydrogen (secondary N) is 3. The van der Waals surface area contributed by atoms with Crippen LogP contribution >= 0.6 is 0 Å². The van der Waals surface area contributed by atoms with Crippen molar-refractivity contribution in [2.75, 3.05) is 26.2 Å². The van der Waals surface area contributed by atoms with Crippen molar-refractivity contribution < 1.29 is 4.79 Å². The molecule has 174 valence electrons. The fraction of sp³-hybridized carbons (Fsp3) is 0.538. The Morgan fingerprint density at radius 3 is 2.70 bits per heavy atom. The summed E-state index contributed by atoms with van der Waals surface area (Å²) in [6.07, 6.45) is 5.11. The zero-order valence-corrected chi connectivity index (χ0v) is 19.3. The van der Waals surface area contributed by atoms with Crippen LogP contribution in [0.1, 0.15) is 35.7 Å². The van der Waals surface area contributed by atoms with Gasteiger partial charge in [0, 0.05) is 50.2 Å². The smallest absolute Gasteiger partial charge is 0.317 e. The quantitative estimate of drug-likeness (QED) is 0.657. The van der Waals surface area contributed by atoms with Gasteiger partial charge in [0.1, 0.15) is 0 Å². The van der Waals surface area contributed by atoms with E-state index in [1.165, 1.54) is 11.1 Å². The molecule has 3 saturated heterocycles. The summed E-state index contributed by atoms with van der Waals surface area (Å²) in [6, 6.07) is 16.4. The van der Waals surface area contributed by atoms with Crippen molar-refractivity contribution >= 4 is 6.03 Å². The van der Waals surface area contributed by atoms with E-state index in [0.717, 1.165) is 51.1 Å². The fourth-order valence-electron chi connectivity index (χ4n) is 6.37. The van der Waals surface area contributed by atoms with E-state index in [0.29, 0.717) is 30.0 Å². The number of likely N-dealkylation sites (tertiary alicyclic amines) is 1. The summed E-state index contributed by atoms with van der Waals surface area (Å²) in [5, 5.41) is 3.36. The molecule has 0 bridgehead atoms. The minimum atomic E-state index is 0.134. The highest BCUT2D eigenvalue weighted by Crippen LogP contribution is 2.42. The van der Waals surface area contributed by atoms with Crippen molar-refractivity contribution in [3.63, 3.8) is 0 Å². The van der Waals surface area contributed by atoms with Gasteiger partial charge in [0.05, 0.1) is 12.1 Å². The molecule has 5 unspecified atom stereocenters. The molecule has 3 N–H and O–H groups in total. The van der Waals surface area contributed by atoms with E-state index in [-0.39, 0.29) is 12.1 Å². The summed E-state index contributed by atoms with van der Waals surface area (Å²) < 4.78 is 0. The maximum absolute atomic E-state index is 12.9. The first-order valence-corrected chi connectivity index (χ1v) is 12.4. The van der Waals surface area contributed by atoms with Crippen LogP contribution in [0.4, 0.5) is 4.79 Å². The van der Waals surface area contributed by atoms with Crippen LogP contribution in [0.2, 0.25) is 0 Å². The second kappa shape index (κ2) is 8.70. The first-order chi connectivity index (χ1) is 16.1. The number of urea groups is 1. The molecule has 4 heterocycles. The Labute approximate surface area is 195 Å². The van der Waals surface area contributed by atoms with E-state index in [1.54, 1.807) is 0 Å². The van der Waals surface area contributed by atoms with E-state index < -0.39 is 0 Å². The summed E-state index contributed by atoms with van der Waals surface area (Å²) in [7, 11) is 0. The van der Waals surface area contributed by atoms with Gasteiger partial charge < -0.3 is 10.2 Å². The first kappa shape index (κ1) is 21.1. The topological polar surface area (TPSA) is 72.5 Å². The zero-order chi connectivity index (χ0) is 22.4. The van der Waals surface area contributed by atoms with E-state index in [9.17, 15) is 4.79 Å². The highest BCUT2D eigenvalue weighted by molar-refractivity contribution is 5.76. The average molecular weight is 447 g/mol. The lowest BCUT2D eigenvalue weighted by molar-refractivity contribution is 0.0173. The second-order valence-corrected chi connectivity index (χ2v) is 10.4. The van der Waals surface area contributed by atoms with Crippen molar-refractivity contribution in [1.29, 1.82) is 0 Å². The number of rotatable bonds is 5. The van der Waals surface area contributed by atoms with Crippen molar-refractivity contribution in [2.24, 2.45) is 11.8 Å². The molecule has 33 heavy (non-hydrogen) atoms. The largest absolute Gasteiger partial charge is 0.335 e. The maximum atomic E-state index is 12.9. The summed E-state index contributed by atoms with van der Waals surface area (Å²) >= 11 is 0. The van der Waals surface area contributed by atoms with Gasteiger partial charge in [-0.15, -0.1) is 0 Å². The molecular formula is C26H34N6O. The lowest BCUT2D eigenvalue weighted by Gasteiger charge is -2.52. The molecule has 1 saturated carbocycles. The summed E-state index contributed by atoms with van der Waals surface area (Å²) in [4.78, 5) is 21.9. The molecule has 2 aromatic rings. The Morgan fingerprint density at radius 1 is 1.03 bits per heavy atom. The molecule has 1 aliphatic carbocycles. The molecule has 0 spiro atoms. The van der Waals surface area contributed by atoms with E-state index in [1.807, 2.05) is 6.20 Å². The lowest BCUT2D eigenvalue weighted by Crippen LogP contribution is -2.68. The molecule has 1 aromatic heterocycles. The van der Waals surface area contributed by atoms with Gasteiger partial charge in [0.2, 0.25) is 0 Å². The third-order valence-corrected chi connectivity index (χ3v) is 8.24. The van der Waals surface area contributed by atoms with Crippen LogP contribution in [0.3, 0.4) is 0 Å². The maximum Gasteiger partial charge on any atom is 0.317 e. The van der Waals surface area contributed by atoms with Crippen LogP contribution in [0.25, 0.3) is 0 Å². The third kappa shape index (κ3) is 4.14. The number of carbonyl (C=O) groups excluding carboxylic acids is 1. The average Bonchev–Trinajstić information content (AvgIpc) is 3.20. The lowest BCUT2D eigenvalue weighted by atomic mass is 9.71. The number of aryl methyl sites for hydroxylation is 1. The molecular weight excluding hydrogens is 412 g/mol. The highest BCUT2D eigenvalue weighted by atomic mass is 16.2. The number of hydrazine groups is 1. The van der Waals surface area contributed by atoms with Crippen molar-refractivity contribution in [1.82, 2.24) is 31.0 Å². The second-order valence-electron chi connectivity index (χ2n) is 10.4.